The minimum Gasteiger partial charge on any atom is -0.476 e. The second-order valence-electron chi connectivity index (χ2n) is 4.85. The molecule has 2 heterocycles. The third kappa shape index (κ3) is 2.32. The van der Waals surface area contributed by atoms with Gasteiger partial charge in [0.15, 0.2) is 11.2 Å². The average Bonchev–Trinajstić information content (AvgIpc) is 3.08. The number of aromatic nitrogens is 4. The summed E-state index contributed by atoms with van der Waals surface area (Å²) in [6.07, 6.45) is 5.40. The molecule has 2 aromatic heterocycles. The van der Waals surface area contributed by atoms with Crippen molar-refractivity contribution in [3.63, 3.8) is 0 Å². The first-order valence-corrected chi connectivity index (χ1v) is 6.67. The molecule has 1 atom stereocenters. The Morgan fingerprint density at radius 3 is 3.10 bits per heavy atom. The lowest BCUT2D eigenvalue weighted by Gasteiger charge is -2.04. The number of fused-ring (bicyclic) bond motifs is 1. The Morgan fingerprint density at radius 2 is 2.40 bits per heavy atom. The van der Waals surface area contributed by atoms with E-state index in [-0.39, 0.29) is 18.5 Å². The maximum absolute atomic E-state index is 9.07. The molecule has 106 valence electrons. The van der Waals surface area contributed by atoms with Crippen LogP contribution in [-0.4, -0.2) is 37.8 Å². The number of imidazole rings is 1. The number of nitrogens with two attached hydrogens (primary N) is 1. The standard InChI is InChI=1S/C13H17N5O2/c1-2-3-20-12-10-11(16-13(14)17-12)18(7-15-10)5-8-4-9(8)6-19/h5,7,9,19H,2-4,6H2,1H3,(H2,14,16,17)/b8-5-. The predicted molar refractivity (Wildman–Crippen MR) is 75.0 cm³/mol. The van der Waals surface area contributed by atoms with Crippen molar-refractivity contribution < 1.29 is 9.84 Å². The number of nitrogen functional groups attached to an aromatic ring is 1. The van der Waals surface area contributed by atoms with Crippen molar-refractivity contribution >= 4 is 23.3 Å². The molecule has 3 rings (SSSR count). The molecule has 1 fully saturated rings. The Morgan fingerprint density at radius 1 is 1.55 bits per heavy atom. The lowest BCUT2D eigenvalue weighted by atomic mass is 10.4. The molecule has 3 N–H and O–H groups in total. The predicted octanol–water partition coefficient (Wildman–Crippen LogP) is 1.05. The maximum Gasteiger partial charge on any atom is 0.247 e. The van der Waals surface area contributed by atoms with Gasteiger partial charge in [0.05, 0.1) is 6.61 Å². The van der Waals surface area contributed by atoms with Crippen LogP contribution < -0.4 is 10.5 Å². The van der Waals surface area contributed by atoms with Crippen LogP contribution in [0.5, 0.6) is 5.88 Å². The van der Waals surface area contributed by atoms with E-state index in [2.05, 4.69) is 15.0 Å². The van der Waals surface area contributed by atoms with Gasteiger partial charge in [-0.1, -0.05) is 6.92 Å². The molecule has 1 aliphatic carbocycles. The molecular weight excluding hydrogens is 258 g/mol. The summed E-state index contributed by atoms with van der Waals surface area (Å²) in [5.41, 5.74) is 8.13. The Hall–Kier alpha value is -2.15. The second kappa shape index (κ2) is 5.09. The van der Waals surface area contributed by atoms with Gasteiger partial charge in [0.1, 0.15) is 6.33 Å². The van der Waals surface area contributed by atoms with Gasteiger partial charge in [0, 0.05) is 18.7 Å². The largest absolute Gasteiger partial charge is 0.476 e. The molecule has 20 heavy (non-hydrogen) atoms. The van der Waals surface area contributed by atoms with Crippen LogP contribution in [0.4, 0.5) is 5.95 Å². The van der Waals surface area contributed by atoms with Gasteiger partial charge in [-0.2, -0.15) is 9.97 Å². The van der Waals surface area contributed by atoms with Gasteiger partial charge in [-0.15, -0.1) is 0 Å². The Balaban J connectivity index is 1.99. The molecule has 0 amide bonds. The quantitative estimate of drug-likeness (QED) is 0.846. The summed E-state index contributed by atoms with van der Waals surface area (Å²) in [7, 11) is 0. The van der Waals surface area contributed by atoms with Crippen LogP contribution >= 0.6 is 0 Å². The van der Waals surface area contributed by atoms with E-state index in [1.54, 1.807) is 10.9 Å². The average molecular weight is 275 g/mol. The molecule has 7 nitrogen and oxygen atoms in total. The van der Waals surface area contributed by atoms with Crippen LogP contribution in [0.1, 0.15) is 19.8 Å². The van der Waals surface area contributed by atoms with Crippen LogP contribution in [0.25, 0.3) is 17.4 Å². The molecule has 0 aliphatic heterocycles. The van der Waals surface area contributed by atoms with E-state index in [9.17, 15) is 0 Å². The summed E-state index contributed by atoms with van der Waals surface area (Å²) >= 11 is 0. The highest BCUT2D eigenvalue weighted by atomic mass is 16.5. The van der Waals surface area contributed by atoms with Crippen LogP contribution in [0.3, 0.4) is 0 Å². The lowest BCUT2D eigenvalue weighted by Crippen LogP contribution is -2.03. The third-order valence-corrected chi connectivity index (χ3v) is 3.22. The zero-order chi connectivity index (χ0) is 14.1. The summed E-state index contributed by atoms with van der Waals surface area (Å²) in [6, 6.07) is 0. The van der Waals surface area contributed by atoms with E-state index in [1.165, 1.54) is 5.57 Å². The summed E-state index contributed by atoms with van der Waals surface area (Å²) in [4.78, 5) is 12.6. The lowest BCUT2D eigenvalue weighted by molar-refractivity contribution is 0.281. The molecule has 1 saturated carbocycles. The SMILES string of the molecule is CCCOc1nc(N)nc2c1ncn2/C=C1/CC1CO. The van der Waals surface area contributed by atoms with Gasteiger partial charge in [0.2, 0.25) is 11.8 Å². The van der Waals surface area contributed by atoms with Crippen LogP contribution in [0.15, 0.2) is 11.9 Å². The summed E-state index contributed by atoms with van der Waals surface area (Å²) < 4.78 is 7.36. The minimum absolute atomic E-state index is 0.165. The molecule has 2 aromatic rings. The fourth-order valence-electron chi connectivity index (χ4n) is 2.04. The molecule has 0 aromatic carbocycles. The van der Waals surface area contributed by atoms with Gasteiger partial charge in [-0.25, -0.2) is 4.98 Å². The number of ether oxygens (including phenoxy) is 1. The van der Waals surface area contributed by atoms with Gasteiger partial charge in [0.25, 0.3) is 0 Å². The zero-order valence-electron chi connectivity index (χ0n) is 11.3. The van der Waals surface area contributed by atoms with Crippen molar-refractivity contribution in [1.29, 1.82) is 0 Å². The highest BCUT2D eigenvalue weighted by Gasteiger charge is 2.29. The second-order valence-corrected chi connectivity index (χ2v) is 4.85. The molecule has 0 saturated heterocycles. The molecule has 0 spiro atoms. The number of hydrogen-bond donors (Lipinski definition) is 2. The Bertz CT molecular complexity index is 664. The van der Waals surface area contributed by atoms with Crippen LogP contribution in [-0.2, 0) is 0 Å². The van der Waals surface area contributed by atoms with Crippen molar-refractivity contribution in [1.82, 2.24) is 19.5 Å². The fourth-order valence-corrected chi connectivity index (χ4v) is 2.04. The van der Waals surface area contributed by atoms with Gasteiger partial charge < -0.3 is 15.6 Å². The normalized spacial score (nSPS) is 19.7. The summed E-state index contributed by atoms with van der Waals surface area (Å²) in [5.74, 6) is 0.849. The molecular formula is C13H17N5O2. The molecule has 7 heteroatoms. The number of hydrogen-bond acceptors (Lipinski definition) is 6. The summed E-state index contributed by atoms with van der Waals surface area (Å²) in [5, 5.41) is 9.07. The van der Waals surface area contributed by atoms with E-state index in [0.717, 1.165) is 12.8 Å². The van der Waals surface area contributed by atoms with E-state index in [1.807, 2.05) is 13.1 Å². The van der Waals surface area contributed by atoms with Crippen molar-refractivity contribution in [2.24, 2.45) is 5.92 Å². The smallest absolute Gasteiger partial charge is 0.247 e. The highest BCUT2D eigenvalue weighted by molar-refractivity contribution is 5.79. The van der Waals surface area contributed by atoms with E-state index in [4.69, 9.17) is 15.6 Å². The number of anilines is 1. The van der Waals surface area contributed by atoms with Gasteiger partial charge in [-0.05, 0) is 18.4 Å². The van der Waals surface area contributed by atoms with Crippen molar-refractivity contribution in [2.45, 2.75) is 19.8 Å². The number of rotatable bonds is 5. The first kappa shape index (κ1) is 12.9. The number of aliphatic hydroxyl groups excluding tert-OH is 1. The first-order chi connectivity index (χ1) is 9.72. The highest BCUT2D eigenvalue weighted by Crippen LogP contribution is 2.38. The first-order valence-electron chi connectivity index (χ1n) is 6.67. The van der Waals surface area contributed by atoms with Crippen molar-refractivity contribution in [3.8, 4) is 5.88 Å². The monoisotopic (exact) mass is 275 g/mol. The van der Waals surface area contributed by atoms with Crippen molar-refractivity contribution in [2.75, 3.05) is 18.9 Å². The molecule has 0 bridgehead atoms. The number of aliphatic hydroxyl groups is 1. The Kier molecular flexibility index (Phi) is 3.27. The Labute approximate surface area is 116 Å². The minimum atomic E-state index is 0.165. The topological polar surface area (TPSA) is 99.1 Å². The fraction of sp³-hybridized carbons (Fsp3) is 0.462. The molecule has 1 aliphatic rings. The van der Waals surface area contributed by atoms with Gasteiger partial charge >= 0.3 is 0 Å². The molecule has 0 radical (unpaired) electrons. The number of nitrogens with zero attached hydrogens (tertiary/aromatic N) is 4. The van der Waals surface area contributed by atoms with E-state index < -0.39 is 0 Å². The van der Waals surface area contributed by atoms with Gasteiger partial charge in [-0.3, -0.25) is 4.57 Å². The summed E-state index contributed by atoms with van der Waals surface area (Å²) in [6.45, 7) is 2.76. The molecule has 1 unspecified atom stereocenters. The van der Waals surface area contributed by atoms with Crippen LogP contribution in [0.2, 0.25) is 0 Å². The zero-order valence-corrected chi connectivity index (χ0v) is 11.3. The van der Waals surface area contributed by atoms with Crippen molar-refractivity contribution in [3.05, 3.63) is 11.9 Å². The maximum atomic E-state index is 9.07. The van der Waals surface area contributed by atoms with E-state index >= 15 is 0 Å². The third-order valence-electron chi connectivity index (χ3n) is 3.22. The van der Waals surface area contributed by atoms with E-state index in [0.29, 0.717) is 23.7 Å². The van der Waals surface area contributed by atoms with Crippen LogP contribution in [0, 0.1) is 5.92 Å².